The van der Waals surface area contributed by atoms with Gasteiger partial charge in [0.15, 0.2) is 0 Å². The summed E-state index contributed by atoms with van der Waals surface area (Å²) in [4.78, 5) is 11.1. The largest absolute Gasteiger partial charge is 0.494 e. The van der Waals surface area contributed by atoms with Gasteiger partial charge in [0.25, 0.3) is 0 Å². The van der Waals surface area contributed by atoms with E-state index < -0.39 is 6.09 Å². The summed E-state index contributed by atoms with van der Waals surface area (Å²) in [7, 11) is 0. The van der Waals surface area contributed by atoms with Crippen LogP contribution in [0.2, 0.25) is 0 Å². The molecule has 0 aliphatic heterocycles. The number of nitrogens with one attached hydrogen (secondary N) is 1. The molecule has 0 aliphatic carbocycles. The van der Waals surface area contributed by atoms with Crippen molar-refractivity contribution in [1.82, 2.24) is 5.32 Å². The lowest BCUT2D eigenvalue weighted by Gasteiger charge is -2.07. The van der Waals surface area contributed by atoms with E-state index in [9.17, 15) is 4.79 Å². The van der Waals surface area contributed by atoms with Gasteiger partial charge < -0.3 is 19.9 Å². The molecular weight excluding hydrogens is 222 g/mol. The molecule has 0 unspecified atom stereocenters. The highest BCUT2D eigenvalue weighted by Gasteiger charge is 2.02. The van der Waals surface area contributed by atoms with Crippen LogP contribution in [0.1, 0.15) is 12.5 Å². The van der Waals surface area contributed by atoms with E-state index in [4.69, 9.17) is 9.84 Å². The minimum Gasteiger partial charge on any atom is -0.494 e. The molecule has 0 aliphatic rings. The molecule has 0 bridgehead atoms. The molecule has 0 spiro atoms. The number of carbonyl (C=O) groups excluding carboxylic acids is 1. The third kappa shape index (κ3) is 5.21. The number of benzene rings is 1. The molecular formula is C12H17NO4. The summed E-state index contributed by atoms with van der Waals surface area (Å²) in [5.74, 6) is 0.774. The zero-order valence-electron chi connectivity index (χ0n) is 9.81. The molecule has 0 saturated carbocycles. The fourth-order valence-electron chi connectivity index (χ4n) is 1.28. The van der Waals surface area contributed by atoms with Gasteiger partial charge in [0, 0.05) is 6.54 Å². The van der Waals surface area contributed by atoms with Crippen molar-refractivity contribution in [3.05, 3.63) is 29.8 Å². The number of aliphatic hydroxyl groups excluding tert-OH is 1. The van der Waals surface area contributed by atoms with E-state index in [0.717, 1.165) is 11.3 Å². The molecule has 1 aromatic rings. The first-order chi connectivity index (χ1) is 8.26. The van der Waals surface area contributed by atoms with E-state index in [1.165, 1.54) is 0 Å². The van der Waals surface area contributed by atoms with E-state index in [1.54, 1.807) is 0 Å². The van der Waals surface area contributed by atoms with Crippen LogP contribution in [-0.4, -0.2) is 31.0 Å². The van der Waals surface area contributed by atoms with Gasteiger partial charge in [-0.3, -0.25) is 0 Å². The van der Waals surface area contributed by atoms with Gasteiger partial charge in [-0.1, -0.05) is 12.1 Å². The normalized spacial score (nSPS) is 9.76. The molecule has 1 amide bonds. The average molecular weight is 239 g/mol. The fourth-order valence-corrected chi connectivity index (χ4v) is 1.28. The first-order valence-corrected chi connectivity index (χ1v) is 5.49. The van der Waals surface area contributed by atoms with Crippen molar-refractivity contribution < 1.29 is 19.4 Å². The fraction of sp³-hybridized carbons (Fsp3) is 0.417. The Hall–Kier alpha value is -1.75. The van der Waals surface area contributed by atoms with Gasteiger partial charge in [-0.25, -0.2) is 4.79 Å². The lowest BCUT2D eigenvalue weighted by atomic mass is 10.2. The molecule has 0 atom stereocenters. The molecule has 1 aromatic carbocycles. The van der Waals surface area contributed by atoms with Crippen LogP contribution in [0.25, 0.3) is 0 Å². The van der Waals surface area contributed by atoms with Gasteiger partial charge in [0.05, 0.1) is 13.2 Å². The second kappa shape index (κ2) is 7.51. The molecule has 0 fully saturated rings. The van der Waals surface area contributed by atoms with Crippen molar-refractivity contribution in [2.24, 2.45) is 0 Å². The minimum atomic E-state index is -0.541. The van der Waals surface area contributed by atoms with Gasteiger partial charge >= 0.3 is 6.09 Å². The van der Waals surface area contributed by atoms with Gasteiger partial charge in [-0.15, -0.1) is 0 Å². The number of carbonyl (C=O) groups is 1. The Kier molecular flexibility index (Phi) is 5.88. The van der Waals surface area contributed by atoms with Gasteiger partial charge in [-0.05, 0) is 24.6 Å². The summed E-state index contributed by atoms with van der Waals surface area (Å²) in [6.45, 7) is 2.72. The molecule has 1 rings (SSSR count). The molecule has 5 nitrogen and oxygen atoms in total. The Bertz CT molecular complexity index is 354. The maximum Gasteiger partial charge on any atom is 0.407 e. The number of amides is 1. The monoisotopic (exact) mass is 239 g/mol. The smallest absolute Gasteiger partial charge is 0.407 e. The SMILES string of the molecule is CCOc1cccc(CNC(=O)OCCO)c1. The van der Waals surface area contributed by atoms with Crippen LogP contribution >= 0.6 is 0 Å². The van der Waals surface area contributed by atoms with E-state index in [0.29, 0.717) is 13.2 Å². The standard InChI is InChI=1S/C12H17NO4/c1-2-16-11-5-3-4-10(8-11)9-13-12(15)17-7-6-14/h3-5,8,14H,2,6-7,9H2,1H3,(H,13,15). The van der Waals surface area contributed by atoms with E-state index >= 15 is 0 Å². The molecule has 0 saturated heterocycles. The van der Waals surface area contributed by atoms with Crippen LogP contribution in [0.3, 0.4) is 0 Å². The Balaban J connectivity index is 2.40. The van der Waals surface area contributed by atoms with Gasteiger partial charge in [0.2, 0.25) is 0 Å². The number of aliphatic hydroxyl groups is 1. The molecule has 0 radical (unpaired) electrons. The maximum absolute atomic E-state index is 11.1. The van der Waals surface area contributed by atoms with E-state index in [2.05, 4.69) is 10.1 Å². The Morgan fingerprint density at radius 1 is 1.47 bits per heavy atom. The van der Waals surface area contributed by atoms with Crippen LogP contribution in [0.15, 0.2) is 24.3 Å². The number of alkyl carbamates (subject to hydrolysis) is 1. The van der Waals surface area contributed by atoms with Crippen molar-refractivity contribution in [3.8, 4) is 5.75 Å². The maximum atomic E-state index is 11.1. The number of rotatable bonds is 6. The molecule has 17 heavy (non-hydrogen) atoms. The highest BCUT2D eigenvalue weighted by molar-refractivity contribution is 5.67. The van der Waals surface area contributed by atoms with Crippen LogP contribution in [0.5, 0.6) is 5.75 Å². The molecule has 2 N–H and O–H groups in total. The quantitative estimate of drug-likeness (QED) is 0.785. The number of ether oxygens (including phenoxy) is 2. The lowest BCUT2D eigenvalue weighted by Crippen LogP contribution is -2.24. The minimum absolute atomic E-state index is 0.00478. The van der Waals surface area contributed by atoms with E-state index in [1.807, 2.05) is 31.2 Å². The third-order valence-corrected chi connectivity index (χ3v) is 1.97. The van der Waals surface area contributed by atoms with Gasteiger partial charge in [-0.2, -0.15) is 0 Å². The molecule has 0 heterocycles. The summed E-state index contributed by atoms with van der Waals surface area (Å²) >= 11 is 0. The summed E-state index contributed by atoms with van der Waals surface area (Å²) < 4.78 is 10.0. The lowest BCUT2D eigenvalue weighted by molar-refractivity contribution is 0.119. The highest BCUT2D eigenvalue weighted by atomic mass is 16.6. The Morgan fingerprint density at radius 2 is 2.29 bits per heavy atom. The van der Waals surface area contributed by atoms with Crippen LogP contribution in [-0.2, 0) is 11.3 Å². The third-order valence-electron chi connectivity index (χ3n) is 1.97. The molecule has 0 aromatic heterocycles. The van der Waals surface area contributed by atoms with Crippen LogP contribution in [0, 0.1) is 0 Å². The summed E-state index contributed by atoms with van der Waals surface area (Å²) in [6.07, 6.45) is -0.541. The van der Waals surface area contributed by atoms with Crippen molar-refractivity contribution in [2.45, 2.75) is 13.5 Å². The van der Waals surface area contributed by atoms with Crippen LogP contribution < -0.4 is 10.1 Å². The summed E-state index contributed by atoms with van der Waals surface area (Å²) in [5, 5.41) is 11.0. The molecule has 5 heteroatoms. The molecule has 94 valence electrons. The van der Waals surface area contributed by atoms with Crippen LogP contribution in [0.4, 0.5) is 4.79 Å². The average Bonchev–Trinajstić information content (AvgIpc) is 2.35. The predicted molar refractivity (Wildman–Crippen MR) is 62.9 cm³/mol. The zero-order valence-corrected chi connectivity index (χ0v) is 9.81. The topological polar surface area (TPSA) is 67.8 Å². The zero-order chi connectivity index (χ0) is 12.5. The second-order valence-corrected chi connectivity index (χ2v) is 3.29. The predicted octanol–water partition coefficient (Wildman–Crippen LogP) is 1.30. The van der Waals surface area contributed by atoms with Crippen molar-refractivity contribution in [2.75, 3.05) is 19.8 Å². The summed E-state index contributed by atoms with van der Waals surface area (Å²) in [5.41, 5.74) is 0.928. The highest BCUT2D eigenvalue weighted by Crippen LogP contribution is 2.12. The first-order valence-electron chi connectivity index (χ1n) is 5.49. The Morgan fingerprint density at radius 3 is 3.00 bits per heavy atom. The number of hydrogen-bond acceptors (Lipinski definition) is 4. The number of hydrogen-bond donors (Lipinski definition) is 2. The van der Waals surface area contributed by atoms with Crippen molar-refractivity contribution in [3.63, 3.8) is 0 Å². The van der Waals surface area contributed by atoms with E-state index in [-0.39, 0.29) is 13.2 Å². The van der Waals surface area contributed by atoms with Crippen molar-refractivity contribution in [1.29, 1.82) is 0 Å². The second-order valence-electron chi connectivity index (χ2n) is 3.29. The van der Waals surface area contributed by atoms with Gasteiger partial charge in [0.1, 0.15) is 12.4 Å². The summed E-state index contributed by atoms with van der Waals surface area (Å²) in [6, 6.07) is 7.46. The van der Waals surface area contributed by atoms with Crippen molar-refractivity contribution >= 4 is 6.09 Å². The Labute approximate surface area is 100 Å². The first kappa shape index (κ1) is 13.3.